The normalized spacial score (nSPS) is 22.8. The van der Waals surface area contributed by atoms with Crippen molar-refractivity contribution in [2.45, 2.75) is 45.1 Å². The van der Waals surface area contributed by atoms with Gasteiger partial charge in [0, 0.05) is 6.42 Å². The first-order chi connectivity index (χ1) is 7.76. The van der Waals surface area contributed by atoms with Gasteiger partial charge in [0.15, 0.2) is 0 Å². The smallest absolute Gasteiger partial charge is 0.220 e. The lowest BCUT2D eigenvalue weighted by molar-refractivity contribution is -0.122. The molecule has 0 aromatic rings. The minimum absolute atomic E-state index is 0.0349. The highest BCUT2D eigenvalue weighted by molar-refractivity contribution is 5.76. The number of carbonyl (C=O) groups excluding carboxylic acids is 1. The first-order valence-electron chi connectivity index (χ1n) is 6.37. The zero-order chi connectivity index (χ0) is 11.8. The summed E-state index contributed by atoms with van der Waals surface area (Å²) in [5.41, 5.74) is 0. The van der Waals surface area contributed by atoms with Crippen LogP contribution in [0.4, 0.5) is 0 Å². The van der Waals surface area contributed by atoms with E-state index in [1.807, 2.05) is 6.92 Å². The molecule has 4 nitrogen and oxygen atoms in total. The lowest BCUT2D eigenvalue weighted by Crippen LogP contribution is -2.37. The predicted molar refractivity (Wildman–Crippen MR) is 64.1 cm³/mol. The first-order valence-corrected chi connectivity index (χ1v) is 6.37. The van der Waals surface area contributed by atoms with Gasteiger partial charge in [0.25, 0.3) is 0 Å². The number of nitrogens with one attached hydrogen (secondary N) is 2. The quantitative estimate of drug-likeness (QED) is 0.625. The average Bonchev–Trinajstić information content (AvgIpc) is 2.34. The van der Waals surface area contributed by atoms with E-state index < -0.39 is 0 Å². The summed E-state index contributed by atoms with van der Waals surface area (Å²) in [5.74, 6) is 0.722. The minimum Gasteiger partial charge on any atom is -0.394 e. The fourth-order valence-electron chi connectivity index (χ4n) is 2.08. The molecule has 3 N–H and O–H groups in total. The maximum atomic E-state index is 11.6. The maximum Gasteiger partial charge on any atom is 0.220 e. The van der Waals surface area contributed by atoms with Crippen LogP contribution < -0.4 is 10.6 Å². The minimum atomic E-state index is -0.0722. The van der Waals surface area contributed by atoms with Crippen LogP contribution in [0.15, 0.2) is 0 Å². The Labute approximate surface area is 97.8 Å². The van der Waals surface area contributed by atoms with Gasteiger partial charge in [-0.1, -0.05) is 6.92 Å². The van der Waals surface area contributed by atoms with E-state index in [2.05, 4.69) is 10.6 Å². The highest BCUT2D eigenvalue weighted by atomic mass is 16.3. The Morgan fingerprint density at radius 2 is 2.44 bits per heavy atom. The molecule has 0 aromatic heterocycles. The van der Waals surface area contributed by atoms with Crippen molar-refractivity contribution < 1.29 is 9.90 Å². The van der Waals surface area contributed by atoms with Crippen molar-refractivity contribution in [3.63, 3.8) is 0 Å². The number of carbonyl (C=O) groups is 1. The third-order valence-electron chi connectivity index (χ3n) is 3.26. The van der Waals surface area contributed by atoms with Crippen LogP contribution in [-0.2, 0) is 4.79 Å². The van der Waals surface area contributed by atoms with Gasteiger partial charge in [0.2, 0.25) is 5.91 Å². The van der Waals surface area contributed by atoms with E-state index in [0.717, 1.165) is 25.9 Å². The topological polar surface area (TPSA) is 61.4 Å². The molecule has 1 rings (SSSR count). The van der Waals surface area contributed by atoms with Gasteiger partial charge in [-0.05, 0) is 44.7 Å². The van der Waals surface area contributed by atoms with Crippen LogP contribution >= 0.6 is 0 Å². The van der Waals surface area contributed by atoms with Crippen LogP contribution in [0.3, 0.4) is 0 Å². The van der Waals surface area contributed by atoms with Crippen LogP contribution in [0, 0.1) is 5.92 Å². The zero-order valence-electron chi connectivity index (χ0n) is 10.2. The Bertz CT molecular complexity index is 199. The van der Waals surface area contributed by atoms with Gasteiger partial charge >= 0.3 is 0 Å². The Morgan fingerprint density at radius 3 is 3.00 bits per heavy atom. The Morgan fingerprint density at radius 1 is 1.62 bits per heavy atom. The molecular formula is C12H24N2O2. The van der Waals surface area contributed by atoms with Gasteiger partial charge in [-0.15, -0.1) is 0 Å². The summed E-state index contributed by atoms with van der Waals surface area (Å²) in [6.45, 7) is 4.16. The molecule has 0 radical (unpaired) electrons. The molecule has 94 valence electrons. The van der Waals surface area contributed by atoms with Crippen LogP contribution in [0.1, 0.15) is 39.0 Å². The third kappa shape index (κ3) is 4.94. The molecule has 1 unspecified atom stereocenters. The van der Waals surface area contributed by atoms with Crippen LogP contribution in [0.5, 0.6) is 0 Å². The monoisotopic (exact) mass is 228 g/mol. The van der Waals surface area contributed by atoms with Crippen molar-refractivity contribution in [3.05, 3.63) is 0 Å². The van der Waals surface area contributed by atoms with Crippen molar-refractivity contribution in [1.82, 2.24) is 10.6 Å². The van der Waals surface area contributed by atoms with Gasteiger partial charge in [-0.25, -0.2) is 0 Å². The average molecular weight is 228 g/mol. The molecule has 1 aliphatic heterocycles. The fraction of sp³-hybridized carbons (Fsp3) is 0.917. The summed E-state index contributed by atoms with van der Waals surface area (Å²) >= 11 is 0. The summed E-state index contributed by atoms with van der Waals surface area (Å²) in [6.07, 6.45) is 4.79. The van der Waals surface area contributed by atoms with Gasteiger partial charge in [0.1, 0.15) is 0 Å². The molecule has 4 heteroatoms. The van der Waals surface area contributed by atoms with E-state index in [0.29, 0.717) is 12.3 Å². The molecule has 0 aromatic carbocycles. The molecule has 1 heterocycles. The van der Waals surface area contributed by atoms with Crippen LogP contribution in [0.25, 0.3) is 0 Å². The molecule has 0 bridgehead atoms. The SMILES string of the molecule is CC[C@H](CO)NC(=O)CCC1CCCNC1. The Balaban J connectivity index is 2.13. The van der Waals surface area contributed by atoms with Crippen molar-refractivity contribution in [2.24, 2.45) is 5.92 Å². The second-order valence-electron chi connectivity index (χ2n) is 4.61. The van der Waals surface area contributed by atoms with E-state index in [1.54, 1.807) is 0 Å². The highest BCUT2D eigenvalue weighted by Crippen LogP contribution is 2.15. The van der Waals surface area contributed by atoms with Gasteiger partial charge in [-0.3, -0.25) is 4.79 Å². The molecule has 0 spiro atoms. The number of hydrogen-bond donors (Lipinski definition) is 3. The van der Waals surface area contributed by atoms with Gasteiger partial charge in [-0.2, -0.15) is 0 Å². The van der Waals surface area contributed by atoms with Crippen molar-refractivity contribution in [1.29, 1.82) is 0 Å². The van der Waals surface area contributed by atoms with Crippen molar-refractivity contribution in [3.8, 4) is 0 Å². The number of amides is 1. The van der Waals surface area contributed by atoms with E-state index in [1.165, 1.54) is 12.8 Å². The largest absolute Gasteiger partial charge is 0.394 e. The van der Waals surface area contributed by atoms with Crippen LogP contribution in [0.2, 0.25) is 0 Å². The molecule has 16 heavy (non-hydrogen) atoms. The number of piperidine rings is 1. The summed E-state index contributed by atoms with van der Waals surface area (Å²) in [6, 6.07) is -0.0722. The van der Waals surface area contributed by atoms with Gasteiger partial charge < -0.3 is 15.7 Å². The Hall–Kier alpha value is -0.610. The molecule has 1 fully saturated rings. The number of hydrogen-bond acceptors (Lipinski definition) is 3. The van der Waals surface area contributed by atoms with E-state index in [9.17, 15) is 4.79 Å². The molecule has 1 aliphatic rings. The fourth-order valence-corrected chi connectivity index (χ4v) is 2.08. The Kier molecular flexibility index (Phi) is 6.42. The summed E-state index contributed by atoms with van der Waals surface area (Å²) in [5, 5.41) is 15.2. The van der Waals surface area contributed by atoms with Gasteiger partial charge in [0.05, 0.1) is 12.6 Å². The lowest BCUT2D eigenvalue weighted by Gasteiger charge is -2.22. The second-order valence-corrected chi connectivity index (χ2v) is 4.61. The number of rotatable bonds is 6. The molecular weight excluding hydrogens is 204 g/mol. The van der Waals surface area contributed by atoms with Crippen molar-refractivity contribution >= 4 is 5.91 Å². The number of aliphatic hydroxyl groups excluding tert-OH is 1. The highest BCUT2D eigenvalue weighted by Gasteiger charge is 2.15. The molecule has 0 saturated carbocycles. The molecule has 0 aliphatic carbocycles. The van der Waals surface area contributed by atoms with Crippen molar-refractivity contribution in [2.75, 3.05) is 19.7 Å². The van der Waals surface area contributed by atoms with E-state index in [4.69, 9.17) is 5.11 Å². The third-order valence-corrected chi connectivity index (χ3v) is 3.26. The molecule has 1 amide bonds. The summed E-state index contributed by atoms with van der Waals surface area (Å²) in [4.78, 5) is 11.6. The standard InChI is InChI=1S/C12H24N2O2/c1-2-11(9-15)14-12(16)6-5-10-4-3-7-13-8-10/h10-11,13,15H,2-9H2,1H3,(H,14,16)/t10?,11-/m1/s1. The van der Waals surface area contributed by atoms with E-state index >= 15 is 0 Å². The lowest BCUT2D eigenvalue weighted by atomic mass is 9.94. The first kappa shape index (κ1) is 13.5. The zero-order valence-corrected chi connectivity index (χ0v) is 10.2. The number of aliphatic hydroxyl groups is 1. The maximum absolute atomic E-state index is 11.6. The molecule has 1 saturated heterocycles. The van der Waals surface area contributed by atoms with Crippen LogP contribution in [-0.4, -0.2) is 36.8 Å². The summed E-state index contributed by atoms with van der Waals surface area (Å²) < 4.78 is 0. The molecule has 2 atom stereocenters. The second kappa shape index (κ2) is 7.63. The van der Waals surface area contributed by atoms with E-state index in [-0.39, 0.29) is 18.6 Å². The predicted octanol–water partition coefficient (Wildman–Crippen LogP) is 0.653. The summed E-state index contributed by atoms with van der Waals surface area (Å²) in [7, 11) is 0.